The number of halogens is 2. The van der Waals surface area contributed by atoms with E-state index in [4.69, 9.17) is 26.1 Å². The van der Waals surface area contributed by atoms with Crippen LogP contribution in [0.5, 0.6) is 0 Å². The fourth-order valence-electron chi connectivity index (χ4n) is 2.44. The van der Waals surface area contributed by atoms with Crippen LogP contribution in [0, 0.1) is 0 Å². The second-order valence-electron chi connectivity index (χ2n) is 7.36. The maximum absolute atomic E-state index is 12.1. The highest BCUT2D eigenvalue weighted by molar-refractivity contribution is 14.2. The van der Waals surface area contributed by atoms with E-state index in [-0.39, 0.29) is 11.6 Å². The van der Waals surface area contributed by atoms with Gasteiger partial charge in [-0.1, -0.05) is 0 Å². The molecule has 0 saturated carbocycles. The maximum atomic E-state index is 12.1. The van der Waals surface area contributed by atoms with Gasteiger partial charge in [0.25, 0.3) is 0 Å². The van der Waals surface area contributed by atoms with Crippen LogP contribution in [-0.4, -0.2) is 98.7 Å². The van der Waals surface area contributed by atoms with Crippen LogP contribution in [0.4, 0.5) is 4.79 Å². The lowest BCUT2D eigenvalue weighted by Gasteiger charge is -2.31. The number of hydrogen-bond acceptors (Lipinski definition) is 6. The van der Waals surface area contributed by atoms with Crippen LogP contribution < -0.4 is 0 Å². The van der Waals surface area contributed by atoms with Gasteiger partial charge in [0, 0.05) is 39.5 Å². The molecule has 0 aliphatic carbocycles. The molecule has 26 heavy (non-hydrogen) atoms. The van der Waals surface area contributed by atoms with Crippen LogP contribution >= 0.6 is 42.2 Å². The van der Waals surface area contributed by atoms with Crippen molar-refractivity contribution in [3.8, 4) is 0 Å². The molecule has 0 aromatic heterocycles. The Morgan fingerprint density at radius 2 is 1.77 bits per heavy atom. The van der Waals surface area contributed by atoms with Gasteiger partial charge in [0.1, 0.15) is 22.4 Å². The molecular weight excluding hydrogens is 497 g/mol. The van der Waals surface area contributed by atoms with Crippen molar-refractivity contribution in [2.24, 2.45) is 0 Å². The molecule has 0 atom stereocenters. The molecule has 11 heteroatoms. The second-order valence-corrected chi connectivity index (χ2v) is 9.04. The quantitative estimate of drug-likeness (QED) is 0.0660. The van der Waals surface area contributed by atoms with E-state index < -0.39 is 0 Å². The third kappa shape index (κ3) is 9.09. The van der Waals surface area contributed by atoms with E-state index in [2.05, 4.69) is 18.4 Å². The first kappa shape index (κ1) is 24.5. The van der Waals surface area contributed by atoms with Gasteiger partial charge in [-0.25, -0.2) is 14.1 Å². The summed E-state index contributed by atoms with van der Waals surface area (Å²) in [6.07, 6.45) is 0. The van der Waals surface area contributed by atoms with Gasteiger partial charge in [-0.3, -0.25) is 0 Å². The number of rotatable bonds is 14. The molecule has 1 aliphatic rings. The highest BCUT2D eigenvalue weighted by Gasteiger charge is 2.42. The average Bonchev–Trinajstić information content (AvgIpc) is 2.77. The monoisotopic (exact) mass is 526 g/mol. The minimum Gasteiger partial charge on any atom is -0.377 e. The zero-order valence-corrected chi connectivity index (χ0v) is 19.6. The molecular formula is C15H30ClIN3O5S+. The van der Waals surface area contributed by atoms with E-state index in [1.54, 1.807) is 0 Å². The molecule has 0 unspecified atom stereocenters. The highest BCUT2D eigenvalue weighted by atomic mass is 127. The smallest absolute Gasteiger partial charge is 0.335 e. The highest BCUT2D eigenvalue weighted by Crippen LogP contribution is 2.27. The van der Waals surface area contributed by atoms with Crippen LogP contribution in [0.2, 0.25) is 0 Å². The topological polar surface area (TPSA) is 60.5 Å². The number of nitrogens with zero attached hydrogens (tertiary/aromatic N) is 3. The lowest BCUT2D eigenvalue weighted by Crippen LogP contribution is -2.47. The Hall–Kier alpha value is 0.440. The summed E-state index contributed by atoms with van der Waals surface area (Å²) >= 11 is 8.04. The zero-order valence-electron chi connectivity index (χ0n) is 15.9. The largest absolute Gasteiger partial charge is 0.377 e. The molecule has 1 fully saturated rings. The molecule has 1 aliphatic heterocycles. The Morgan fingerprint density at radius 1 is 1.15 bits per heavy atom. The van der Waals surface area contributed by atoms with E-state index in [0.29, 0.717) is 46.1 Å². The van der Waals surface area contributed by atoms with Gasteiger partial charge in [-0.05, 0) is 13.8 Å². The third-order valence-corrected chi connectivity index (χ3v) is 5.31. The van der Waals surface area contributed by atoms with Crippen molar-refractivity contribution in [2.75, 3.05) is 73.3 Å². The van der Waals surface area contributed by atoms with Gasteiger partial charge >= 0.3 is 6.03 Å². The number of quaternary nitrogens is 1. The SMILES string of the molecule is CC1(C)CN(CC[N+](C)(C)CCOCCOCCOOSI)C(=O)N1Cl. The van der Waals surface area contributed by atoms with Crippen molar-refractivity contribution in [1.82, 2.24) is 9.32 Å². The molecule has 0 aromatic rings. The minimum absolute atomic E-state index is 0.114. The number of likely N-dealkylation sites (N-methyl/N-ethyl adjacent to an activating group) is 1. The molecule has 154 valence electrons. The molecule has 8 nitrogen and oxygen atoms in total. The van der Waals surface area contributed by atoms with Crippen molar-refractivity contribution in [3.05, 3.63) is 0 Å². The molecule has 0 spiro atoms. The molecule has 0 bridgehead atoms. The van der Waals surface area contributed by atoms with Gasteiger partial charge in [-0.15, -0.1) is 0 Å². The number of carbonyl (C=O) groups is 1. The van der Waals surface area contributed by atoms with Crippen LogP contribution in [0.15, 0.2) is 0 Å². The first-order valence-corrected chi connectivity index (χ1v) is 12.1. The van der Waals surface area contributed by atoms with E-state index in [9.17, 15) is 4.79 Å². The minimum atomic E-state index is -0.328. The maximum Gasteiger partial charge on any atom is 0.335 e. The number of amides is 2. The number of urea groups is 1. The Balaban J connectivity index is 2.09. The van der Waals surface area contributed by atoms with E-state index >= 15 is 0 Å². The summed E-state index contributed by atoms with van der Waals surface area (Å²) in [4.78, 5) is 18.7. The van der Waals surface area contributed by atoms with Crippen molar-refractivity contribution < 1.29 is 28.0 Å². The zero-order chi connectivity index (χ0) is 19.6. The van der Waals surface area contributed by atoms with Gasteiger partial charge in [0.15, 0.2) is 0 Å². The van der Waals surface area contributed by atoms with Crippen LogP contribution in [0.3, 0.4) is 0 Å². The average molecular weight is 527 g/mol. The van der Waals surface area contributed by atoms with Gasteiger partial charge < -0.3 is 18.9 Å². The van der Waals surface area contributed by atoms with Crippen LogP contribution in [0.1, 0.15) is 13.8 Å². The normalized spacial score (nSPS) is 17.4. The molecule has 0 N–H and O–H groups in total. The fourth-order valence-corrected chi connectivity index (χ4v) is 3.01. The molecule has 2 amide bonds. The summed E-state index contributed by atoms with van der Waals surface area (Å²) in [7, 11) is 5.39. The summed E-state index contributed by atoms with van der Waals surface area (Å²) in [6, 6.07) is -0.114. The molecule has 0 radical (unpaired) electrons. The Morgan fingerprint density at radius 3 is 2.35 bits per heavy atom. The molecule has 1 saturated heterocycles. The summed E-state index contributed by atoms with van der Waals surface area (Å²) < 4.78 is 17.7. The number of hydrogen-bond donors (Lipinski definition) is 0. The summed E-state index contributed by atoms with van der Waals surface area (Å²) in [5, 5.41) is 0. The number of carbonyl (C=O) groups excluding carboxylic acids is 1. The lowest BCUT2D eigenvalue weighted by molar-refractivity contribution is -0.890. The molecule has 0 aromatic carbocycles. The molecule has 1 heterocycles. The van der Waals surface area contributed by atoms with E-state index in [1.807, 2.05) is 40.0 Å². The fraction of sp³-hybridized carbons (Fsp3) is 0.933. The standard InChI is InChI=1S/C15H30ClIN3O5S/c1-15(2)13-18(14(21)19(15)16)5-6-20(3,4)7-8-22-9-10-23-11-12-24-25-26-17/h5-13H2,1-4H3/q+1. The first-order valence-electron chi connectivity index (χ1n) is 8.49. The predicted molar refractivity (Wildman–Crippen MR) is 111 cm³/mol. The Kier molecular flexibility index (Phi) is 11.4. The summed E-state index contributed by atoms with van der Waals surface area (Å²) in [6.45, 7) is 9.55. The van der Waals surface area contributed by atoms with Gasteiger partial charge in [0.05, 0.1) is 59.2 Å². The first-order chi connectivity index (χ1) is 12.2. The van der Waals surface area contributed by atoms with Crippen molar-refractivity contribution in [3.63, 3.8) is 0 Å². The van der Waals surface area contributed by atoms with Crippen molar-refractivity contribution in [2.45, 2.75) is 19.4 Å². The van der Waals surface area contributed by atoms with Crippen molar-refractivity contribution in [1.29, 1.82) is 0 Å². The third-order valence-electron chi connectivity index (χ3n) is 4.12. The number of ether oxygens (including phenoxy) is 2. The van der Waals surface area contributed by atoms with Crippen molar-refractivity contribution >= 4 is 48.2 Å². The Labute approximate surface area is 177 Å². The predicted octanol–water partition coefficient (Wildman–Crippen LogP) is 2.71. The second kappa shape index (κ2) is 12.1. The van der Waals surface area contributed by atoms with Gasteiger partial charge in [-0.2, -0.15) is 4.33 Å². The van der Waals surface area contributed by atoms with Gasteiger partial charge in [0.2, 0.25) is 0 Å². The lowest BCUT2D eigenvalue weighted by atomic mass is 10.1. The van der Waals surface area contributed by atoms with Crippen LogP contribution in [0.25, 0.3) is 0 Å². The summed E-state index contributed by atoms with van der Waals surface area (Å²) in [5.74, 6) is 0. The van der Waals surface area contributed by atoms with E-state index in [0.717, 1.165) is 26.8 Å². The van der Waals surface area contributed by atoms with Crippen LogP contribution in [-0.2, 0) is 18.7 Å². The van der Waals surface area contributed by atoms with E-state index in [1.165, 1.54) is 4.42 Å². The Bertz CT molecular complexity index is 434. The molecule has 1 rings (SSSR count). The summed E-state index contributed by atoms with van der Waals surface area (Å²) in [5.41, 5.74) is -0.328.